The third kappa shape index (κ3) is 2.38. The molecule has 6 heteroatoms. The van der Waals surface area contributed by atoms with Gasteiger partial charge >= 0.3 is 0 Å². The van der Waals surface area contributed by atoms with E-state index in [4.69, 9.17) is 9.52 Å². The predicted octanol–water partition coefficient (Wildman–Crippen LogP) is 1.16. The van der Waals surface area contributed by atoms with Crippen molar-refractivity contribution in [2.24, 2.45) is 5.41 Å². The van der Waals surface area contributed by atoms with Crippen LogP contribution in [0.5, 0.6) is 0 Å². The second-order valence-corrected chi connectivity index (χ2v) is 6.84. The maximum Gasteiger partial charge on any atom is 0.244 e. The van der Waals surface area contributed by atoms with Crippen molar-refractivity contribution in [2.75, 3.05) is 0 Å². The maximum atomic E-state index is 12.1. The fourth-order valence-electron chi connectivity index (χ4n) is 1.79. The highest BCUT2D eigenvalue weighted by molar-refractivity contribution is 7.89. The van der Waals surface area contributed by atoms with Crippen LogP contribution >= 0.6 is 0 Å². The number of aryl methyl sites for hydroxylation is 1. The van der Waals surface area contributed by atoms with Crippen molar-refractivity contribution in [3.05, 3.63) is 17.6 Å². The number of rotatable bonds is 4. The van der Waals surface area contributed by atoms with Crippen molar-refractivity contribution in [1.82, 2.24) is 4.72 Å². The monoisotopic (exact) mass is 259 g/mol. The quantitative estimate of drug-likeness (QED) is 0.850. The van der Waals surface area contributed by atoms with Crippen molar-refractivity contribution in [1.29, 1.82) is 0 Å². The van der Waals surface area contributed by atoms with Crippen LogP contribution in [0.25, 0.3) is 0 Å². The van der Waals surface area contributed by atoms with Crippen LogP contribution < -0.4 is 4.72 Å². The summed E-state index contributed by atoms with van der Waals surface area (Å²) in [7, 11) is -3.54. The number of furan rings is 1. The van der Waals surface area contributed by atoms with Crippen molar-refractivity contribution in [2.45, 2.75) is 44.7 Å². The molecule has 96 valence electrons. The summed E-state index contributed by atoms with van der Waals surface area (Å²) in [5, 5.41) is 8.91. The van der Waals surface area contributed by atoms with Crippen LogP contribution in [0.2, 0.25) is 0 Å². The molecule has 0 aliphatic heterocycles. The summed E-state index contributed by atoms with van der Waals surface area (Å²) in [6.45, 7) is 5.31. The molecular formula is C11H17NO4S. The van der Waals surface area contributed by atoms with Crippen molar-refractivity contribution >= 4 is 10.0 Å². The number of aliphatic hydroxyl groups excluding tert-OH is 1. The van der Waals surface area contributed by atoms with Gasteiger partial charge in [0.05, 0.1) is 0 Å². The molecule has 1 aliphatic rings. The molecule has 1 unspecified atom stereocenters. The lowest BCUT2D eigenvalue weighted by Crippen LogP contribution is -2.28. The number of hydrogen-bond acceptors (Lipinski definition) is 4. The third-order valence-corrected chi connectivity index (χ3v) is 4.76. The highest BCUT2D eigenvalue weighted by Gasteiger charge is 2.48. The minimum Gasteiger partial charge on any atom is -0.462 e. The Labute approximate surface area is 101 Å². The molecule has 0 saturated heterocycles. The molecule has 1 aromatic rings. The lowest BCUT2D eigenvalue weighted by Gasteiger charge is -2.06. The second kappa shape index (κ2) is 3.83. The van der Waals surface area contributed by atoms with Gasteiger partial charge in [-0.15, -0.1) is 0 Å². The molecule has 2 rings (SSSR count). The summed E-state index contributed by atoms with van der Waals surface area (Å²) in [6.07, 6.45) is 0.843. The molecular weight excluding hydrogens is 242 g/mol. The van der Waals surface area contributed by atoms with E-state index < -0.39 is 10.0 Å². The topological polar surface area (TPSA) is 79.5 Å². The Morgan fingerprint density at radius 2 is 2.18 bits per heavy atom. The SMILES string of the molecule is Cc1oc(CO)cc1S(=O)(=O)NC1CC1(C)C. The van der Waals surface area contributed by atoms with Gasteiger partial charge in [-0.25, -0.2) is 13.1 Å². The molecule has 5 nitrogen and oxygen atoms in total. The maximum absolute atomic E-state index is 12.1. The first-order valence-corrected chi connectivity index (χ1v) is 6.97. The van der Waals surface area contributed by atoms with Gasteiger partial charge in [0, 0.05) is 12.1 Å². The lowest BCUT2D eigenvalue weighted by molar-refractivity contribution is 0.244. The van der Waals surface area contributed by atoms with Gasteiger partial charge < -0.3 is 9.52 Å². The Balaban J connectivity index is 2.23. The Morgan fingerprint density at radius 3 is 2.59 bits per heavy atom. The molecule has 1 aromatic heterocycles. The summed E-state index contributed by atoms with van der Waals surface area (Å²) < 4.78 is 31.9. The second-order valence-electron chi connectivity index (χ2n) is 5.16. The Morgan fingerprint density at radius 1 is 1.59 bits per heavy atom. The van der Waals surface area contributed by atoms with Crippen molar-refractivity contribution in [3.63, 3.8) is 0 Å². The number of aliphatic hydroxyl groups is 1. The Bertz CT molecular complexity index is 530. The third-order valence-electron chi connectivity index (χ3n) is 3.18. The van der Waals surface area contributed by atoms with Gasteiger partial charge in [-0.3, -0.25) is 0 Å². The van der Waals surface area contributed by atoms with Gasteiger partial charge in [0.2, 0.25) is 10.0 Å². The van der Waals surface area contributed by atoms with E-state index in [1.807, 2.05) is 13.8 Å². The molecule has 0 amide bonds. The first-order chi connectivity index (χ1) is 7.76. The van der Waals surface area contributed by atoms with E-state index >= 15 is 0 Å². The fraction of sp³-hybridized carbons (Fsp3) is 0.636. The molecule has 0 aromatic carbocycles. The molecule has 1 aliphatic carbocycles. The average molecular weight is 259 g/mol. The van der Waals surface area contributed by atoms with Crippen LogP contribution in [-0.2, 0) is 16.6 Å². The predicted molar refractivity (Wildman–Crippen MR) is 61.9 cm³/mol. The van der Waals surface area contributed by atoms with Crippen LogP contribution in [0, 0.1) is 12.3 Å². The molecule has 1 atom stereocenters. The zero-order chi connectivity index (χ0) is 12.8. The van der Waals surface area contributed by atoms with Crippen LogP contribution in [0.3, 0.4) is 0 Å². The van der Waals surface area contributed by atoms with E-state index in [0.29, 0.717) is 5.76 Å². The van der Waals surface area contributed by atoms with Gasteiger partial charge in [-0.1, -0.05) is 13.8 Å². The number of nitrogens with one attached hydrogen (secondary N) is 1. The summed E-state index contributed by atoms with van der Waals surface area (Å²) in [6, 6.07) is 1.35. The molecule has 0 bridgehead atoms. The minimum atomic E-state index is -3.54. The van der Waals surface area contributed by atoms with Crippen LogP contribution in [0.1, 0.15) is 31.8 Å². The van der Waals surface area contributed by atoms with E-state index in [0.717, 1.165) is 6.42 Å². The summed E-state index contributed by atoms with van der Waals surface area (Å²) in [5.41, 5.74) is 0.0323. The zero-order valence-electron chi connectivity index (χ0n) is 10.1. The smallest absolute Gasteiger partial charge is 0.244 e. The number of sulfonamides is 1. The standard InChI is InChI=1S/C11H17NO4S/c1-7-9(4-8(6-13)16-7)17(14,15)12-10-5-11(10,2)3/h4,10,12-13H,5-6H2,1-3H3. The van der Waals surface area contributed by atoms with Gasteiger partial charge in [-0.2, -0.15) is 0 Å². The van der Waals surface area contributed by atoms with Crippen LogP contribution in [0.4, 0.5) is 0 Å². The molecule has 0 radical (unpaired) electrons. The van der Waals surface area contributed by atoms with E-state index in [-0.39, 0.29) is 28.7 Å². The van der Waals surface area contributed by atoms with E-state index in [1.54, 1.807) is 6.92 Å². The number of hydrogen-bond donors (Lipinski definition) is 2. The van der Waals surface area contributed by atoms with Crippen LogP contribution in [-0.4, -0.2) is 19.6 Å². The molecule has 0 spiro atoms. The zero-order valence-corrected chi connectivity index (χ0v) is 11.0. The van der Waals surface area contributed by atoms with Gasteiger partial charge in [0.15, 0.2) is 0 Å². The highest BCUT2D eigenvalue weighted by atomic mass is 32.2. The Kier molecular flexibility index (Phi) is 2.84. The first-order valence-electron chi connectivity index (χ1n) is 5.49. The van der Waals surface area contributed by atoms with E-state index in [1.165, 1.54) is 6.07 Å². The van der Waals surface area contributed by atoms with Crippen molar-refractivity contribution in [3.8, 4) is 0 Å². The molecule has 1 fully saturated rings. The first kappa shape index (κ1) is 12.6. The molecule has 1 heterocycles. The highest BCUT2D eigenvalue weighted by Crippen LogP contribution is 2.45. The van der Waals surface area contributed by atoms with Crippen molar-refractivity contribution < 1.29 is 17.9 Å². The minimum absolute atomic E-state index is 0.0145. The molecule has 17 heavy (non-hydrogen) atoms. The van der Waals surface area contributed by atoms with Crippen LogP contribution in [0.15, 0.2) is 15.4 Å². The normalized spacial score (nSPS) is 22.7. The van der Waals surface area contributed by atoms with E-state index in [9.17, 15) is 8.42 Å². The summed E-state index contributed by atoms with van der Waals surface area (Å²) >= 11 is 0. The Hall–Kier alpha value is -0.850. The van der Waals surface area contributed by atoms with E-state index in [2.05, 4.69) is 4.72 Å². The largest absolute Gasteiger partial charge is 0.462 e. The van der Waals surface area contributed by atoms with Gasteiger partial charge in [0.25, 0.3) is 0 Å². The molecule has 2 N–H and O–H groups in total. The molecule has 1 saturated carbocycles. The lowest BCUT2D eigenvalue weighted by atomic mass is 10.2. The summed E-state index contributed by atoms with van der Waals surface area (Å²) in [4.78, 5) is 0.115. The fourth-order valence-corrected chi connectivity index (χ4v) is 3.40. The van der Waals surface area contributed by atoms with Gasteiger partial charge in [-0.05, 0) is 18.8 Å². The summed E-state index contributed by atoms with van der Waals surface area (Å²) in [5.74, 6) is 0.568. The average Bonchev–Trinajstić information content (AvgIpc) is 2.62. The van der Waals surface area contributed by atoms with Gasteiger partial charge in [0.1, 0.15) is 23.0 Å².